The van der Waals surface area contributed by atoms with Crippen LogP contribution in [0.3, 0.4) is 0 Å². The Morgan fingerprint density at radius 2 is 0.621 bits per heavy atom. The van der Waals surface area contributed by atoms with Crippen LogP contribution >= 0.6 is 0 Å². The second-order valence-electron chi connectivity index (χ2n) is 4.96. The van der Waals surface area contributed by atoms with E-state index in [-0.39, 0.29) is 39.6 Å². The molecular formula is C12H18Cu2O15. The molecule has 0 aliphatic heterocycles. The molecule has 0 aliphatic carbocycles. The van der Waals surface area contributed by atoms with Gasteiger partial charge in [0.15, 0.2) is 11.2 Å². The number of carbonyl (C=O) groups is 6. The van der Waals surface area contributed by atoms with Gasteiger partial charge in [-0.1, -0.05) is 0 Å². The van der Waals surface area contributed by atoms with Crippen LogP contribution in [0.2, 0.25) is 0 Å². The van der Waals surface area contributed by atoms with E-state index in [2.05, 4.69) is 0 Å². The van der Waals surface area contributed by atoms with Crippen LogP contribution in [0.25, 0.3) is 0 Å². The maximum absolute atomic E-state index is 10.3. The Bertz CT molecular complexity index is 518. The molecule has 0 atom stereocenters. The van der Waals surface area contributed by atoms with Crippen LogP contribution in [-0.2, 0) is 62.9 Å². The van der Waals surface area contributed by atoms with Crippen molar-refractivity contribution in [1.29, 1.82) is 0 Å². The first kappa shape index (κ1) is 37.5. The first-order valence-corrected chi connectivity index (χ1v) is 6.34. The van der Waals surface area contributed by atoms with Gasteiger partial charge in [0.05, 0.1) is 25.7 Å². The quantitative estimate of drug-likeness (QED) is 0.128. The maximum Gasteiger partial charge on any atom is 0.336 e. The first-order valence-electron chi connectivity index (χ1n) is 6.34. The van der Waals surface area contributed by atoms with E-state index in [1.54, 1.807) is 0 Å². The molecule has 2 radical (unpaired) electrons. The summed E-state index contributed by atoms with van der Waals surface area (Å²) in [6.07, 6.45) is -4.58. The van der Waals surface area contributed by atoms with E-state index in [1.807, 2.05) is 0 Å². The van der Waals surface area contributed by atoms with Gasteiger partial charge in [-0.15, -0.1) is 0 Å². The number of hydrogen-bond donors (Lipinski definition) is 8. The molecule has 0 bridgehead atoms. The number of aliphatic carboxylic acids is 6. The number of aliphatic hydroxyl groups is 2. The summed E-state index contributed by atoms with van der Waals surface area (Å²) in [5, 5.41) is 67.6. The Morgan fingerprint density at radius 3 is 0.690 bits per heavy atom. The molecule has 0 saturated carbocycles. The SMILES string of the molecule is O.O=C(O)CC(O)(CC(=O)O)C(=O)O.O=C(O)CC(O)(CC(=O)O)C(=O)O.[Cu].[Cu]. The molecule has 0 aliphatic rings. The normalized spacial score (nSPS) is 9.72. The fourth-order valence-electron chi connectivity index (χ4n) is 1.43. The van der Waals surface area contributed by atoms with Crippen LogP contribution in [-0.4, -0.2) is 93.3 Å². The molecule has 10 N–H and O–H groups in total. The van der Waals surface area contributed by atoms with Crippen molar-refractivity contribution in [3.8, 4) is 0 Å². The van der Waals surface area contributed by atoms with Crippen LogP contribution in [0.5, 0.6) is 0 Å². The van der Waals surface area contributed by atoms with E-state index in [0.717, 1.165) is 0 Å². The van der Waals surface area contributed by atoms with Gasteiger partial charge in [0.2, 0.25) is 0 Å². The van der Waals surface area contributed by atoms with Gasteiger partial charge >= 0.3 is 35.8 Å². The topological polar surface area (TPSA) is 296 Å². The molecule has 0 amide bonds. The summed E-state index contributed by atoms with van der Waals surface area (Å²) >= 11 is 0. The Labute approximate surface area is 182 Å². The molecule has 17 heteroatoms. The van der Waals surface area contributed by atoms with E-state index in [4.69, 9.17) is 40.9 Å². The van der Waals surface area contributed by atoms with Crippen LogP contribution in [0.4, 0.5) is 0 Å². The van der Waals surface area contributed by atoms with Crippen molar-refractivity contribution in [3.05, 3.63) is 0 Å². The largest absolute Gasteiger partial charge is 0.481 e. The van der Waals surface area contributed by atoms with Crippen molar-refractivity contribution in [2.24, 2.45) is 0 Å². The Kier molecular flexibility index (Phi) is 20.2. The second kappa shape index (κ2) is 15.6. The molecule has 0 rings (SSSR count). The first-order chi connectivity index (χ1) is 11.6. The summed E-state index contributed by atoms with van der Waals surface area (Å²) < 4.78 is 0. The van der Waals surface area contributed by atoms with Crippen molar-refractivity contribution < 1.29 is 109 Å². The standard InChI is InChI=1S/2C6H8O7.2Cu.H2O/c2*7-3(8)1-6(13,5(11)12)2-4(9)10;;;/h2*13H,1-2H2,(H,7,8)(H,9,10)(H,11,12);;;1H2. The van der Waals surface area contributed by atoms with Crippen molar-refractivity contribution >= 4 is 35.8 Å². The zero-order valence-corrected chi connectivity index (χ0v) is 15.8. The third kappa shape index (κ3) is 16.4. The van der Waals surface area contributed by atoms with Crippen LogP contribution in [0.15, 0.2) is 0 Å². The Hall–Kier alpha value is -2.26. The van der Waals surface area contributed by atoms with Crippen LogP contribution in [0, 0.1) is 0 Å². The number of carboxylic acids is 6. The smallest absolute Gasteiger partial charge is 0.336 e. The van der Waals surface area contributed by atoms with Gasteiger partial charge in [-0.05, 0) is 0 Å². The molecule has 0 aromatic rings. The third-order valence-corrected chi connectivity index (χ3v) is 2.57. The van der Waals surface area contributed by atoms with Gasteiger partial charge in [-0.3, -0.25) is 19.2 Å². The van der Waals surface area contributed by atoms with Gasteiger partial charge in [0.1, 0.15) is 0 Å². The average molecular weight is 529 g/mol. The average Bonchev–Trinajstić information content (AvgIpc) is 2.34. The van der Waals surface area contributed by atoms with Gasteiger partial charge < -0.3 is 46.3 Å². The fourth-order valence-corrected chi connectivity index (χ4v) is 1.43. The minimum Gasteiger partial charge on any atom is -0.481 e. The minimum atomic E-state index is -2.74. The maximum atomic E-state index is 10.3. The van der Waals surface area contributed by atoms with Crippen molar-refractivity contribution in [2.45, 2.75) is 36.9 Å². The van der Waals surface area contributed by atoms with Gasteiger partial charge in [0.25, 0.3) is 0 Å². The zero-order chi connectivity index (χ0) is 21.3. The van der Waals surface area contributed by atoms with Crippen molar-refractivity contribution in [2.75, 3.05) is 0 Å². The van der Waals surface area contributed by atoms with Crippen molar-refractivity contribution in [1.82, 2.24) is 0 Å². The molecule has 0 saturated heterocycles. The Morgan fingerprint density at radius 1 is 0.483 bits per heavy atom. The van der Waals surface area contributed by atoms with E-state index in [9.17, 15) is 28.8 Å². The molecule has 0 aromatic heterocycles. The van der Waals surface area contributed by atoms with E-state index in [1.165, 1.54) is 0 Å². The fraction of sp³-hybridized carbons (Fsp3) is 0.500. The second-order valence-corrected chi connectivity index (χ2v) is 4.96. The molecule has 15 nitrogen and oxygen atoms in total. The summed E-state index contributed by atoms with van der Waals surface area (Å²) in [4.78, 5) is 61.0. The summed E-state index contributed by atoms with van der Waals surface area (Å²) in [7, 11) is 0. The molecule has 0 unspecified atom stereocenters. The molecule has 0 aromatic carbocycles. The van der Waals surface area contributed by atoms with Crippen LogP contribution < -0.4 is 0 Å². The van der Waals surface area contributed by atoms with Gasteiger partial charge in [-0.2, -0.15) is 0 Å². The molecular weight excluding hydrogens is 511 g/mol. The van der Waals surface area contributed by atoms with E-state index >= 15 is 0 Å². The number of carboxylic acid groups (broad SMARTS) is 6. The molecule has 0 spiro atoms. The number of hydrogen-bond acceptors (Lipinski definition) is 8. The summed E-state index contributed by atoms with van der Waals surface area (Å²) in [5.41, 5.74) is -5.48. The van der Waals surface area contributed by atoms with Gasteiger partial charge in [0, 0.05) is 34.1 Å². The third-order valence-electron chi connectivity index (χ3n) is 2.57. The summed E-state index contributed by atoms with van der Waals surface area (Å²) in [6, 6.07) is 0. The molecule has 0 fully saturated rings. The monoisotopic (exact) mass is 528 g/mol. The minimum absolute atomic E-state index is 0. The van der Waals surface area contributed by atoms with Crippen LogP contribution in [0.1, 0.15) is 25.7 Å². The van der Waals surface area contributed by atoms with Gasteiger partial charge in [-0.25, -0.2) is 9.59 Å². The summed E-state index contributed by atoms with van der Waals surface area (Å²) in [5.74, 6) is -10.0. The number of rotatable bonds is 10. The predicted molar refractivity (Wildman–Crippen MR) is 77.8 cm³/mol. The molecule has 0 heterocycles. The van der Waals surface area contributed by atoms with E-state index < -0.39 is 72.7 Å². The van der Waals surface area contributed by atoms with E-state index in [0.29, 0.717) is 0 Å². The van der Waals surface area contributed by atoms with Crippen molar-refractivity contribution in [3.63, 3.8) is 0 Å². The summed E-state index contributed by atoms with van der Waals surface area (Å²) in [6.45, 7) is 0. The zero-order valence-electron chi connectivity index (χ0n) is 14.0. The molecule has 29 heavy (non-hydrogen) atoms. The Balaban J connectivity index is -0.000000120. The predicted octanol–water partition coefficient (Wildman–Crippen LogP) is -3.33. The molecule has 178 valence electrons.